The molecule has 4 rings (SSSR count). The monoisotopic (exact) mass is 353 g/mol. The molecule has 1 saturated heterocycles. The average molecular weight is 353 g/mol. The first kappa shape index (κ1) is 16.0. The van der Waals surface area contributed by atoms with Crippen LogP contribution in [0.15, 0.2) is 61.2 Å². The molecule has 0 amide bonds. The summed E-state index contributed by atoms with van der Waals surface area (Å²) in [7, 11) is -2.88. The third kappa shape index (κ3) is 3.35. The summed E-state index contributed by atoms with van der Waals surface area (Å²) in [6.45, 7) is 0.663. The highest BCUT2D eigenvalue weighted by molar-refractivity contribution is 7.91. The Labute approximate surface area is 147 Å². The zero-order chi connectivity index (χ0) is 17.3. The summed E-state index contributed by atoms with van der Waals surface area (Å²) in [6, 6.07) is 14.0. The van der Waals surface area contributed by atoms with E-state index in [-0.39, 0.29) is 11.7 Å². The lowest BCUT2D eigenvalue weighted by molar-refractivity contribution is 0.493. The van der Waals surface area contributed by atoms with Gasteiger partial charge < -0.3 is 4.57 Å². The molecule has 1 fully saturated rings. The number of pyridine rings is 1. The van der Waals surface area contributed by atoms with Crippen molar-refractivity contribution in [2.75, 3.05) is 11.5 Å². The van der Waals surface area contributed by atoms with Crippen molar-refractivity contribution < 1.29 is 8.42 Å². The van der Waals surface area contributed by atoms with Crippen LogP contribution >= 0.6 is 0 Å². The van der Waals surface area contributed by atoms with Crippen molar-refractivity contribution in [3.05, 3.63) is 61.2 Å². The van der Waals surface area contributed by atoms with E-state index in [1.165, 1.54) is 0 Å². The number of nitrogens with zero attached hydrogens (tertiary/aromatic N) is 3. The minimum atomic E-state index is -2.88. The van der Waals surface area contributed by atoms with Gasteiger partial charge in [0.05, 0.1) is 29.2 Å². The molecule has 25 heavy (non-hydrogen) atoms. The summed E-state index contributed by atoms with van der Waals surface area (Å²) in [5, 5.41) is 0. The lowest BCUT2D eigenvalue weighted by atomic mass is 10.0. The number of imidazole rings is 1. The van der Waals surface area contributed by atoms with Crippen LogP contribution in [-0.2, 0) is 16.4 Å². The van der Waals surface area contributed by atoms with Crippen LogP contribution in [-0.4, -0.2) is 34.5 Å². The first-order valence-corrected chi connectivity index (χ1v) is 10.2. The molecule has 2 aromatic heterocycles. The van der Waals surface area contributed by atoms with Crippen LogP contribution in [0.25, 0.3) is 22.5 Å². The molecular formula is C19H19N3O2S. The normalized spacial score (nSPS) is 19.1. The predicted octanol–water partition coefficient (Wildman–Crippen LogP) is 3.05. The maximum atomic E-state index is 11.8. The molecule has 1 unspecified atom stereocenters. The topological polar surface area (TPSA) is 64.8 Å². The van der Waals surface area contributed by atoms with E-state index in [2.05, 4.69) is 14.5 Å². The summed E-state index contributed by atoms with van der Waals surface area (Å²) in [6.07, 6.45) is 6.07. The van der Waals surface area contributed by atoms with Crippen LogP contribution in [0.2, 0.25) is 0 Å². The van der Waals surface area contributed by atoms with Gasteiger partial charge in [0.25, 0.3) is 0 Å². The quantitative estimate of drug-likeness (QED) is 0.723. The standard InChI is InChI=1S/C19H19N3O2S/c23-25(24)11-8-15(13-25)12-22-14-21-18(16-4-2-1-3-5-16)19(22)17-6-9-20-10-7-17/h1-7,9-10,14-15H,8,11-13H2. The first-order chi connectivity index (χ1) is 12.1. The number of hydrogen-bond donors (Lipinski definition) is 0. The number of sulfone groups is 1. The molecule has 0 radical (unpaired) electrons. The van der Waals surface area contributed by atoms with E-state index < -0.39 is 9.84 Å². The van der Waals surface area contributed by atoms with E-state index in [9.17, 15) is 8.42 Å². The fraction of sp³-hybridized carbons (Fsp3) is 0.263. The van der Waals surface area contributed by atoms with Gasteiger partial charge in [-0.2, -0.15) is 0 Å². The van der Waals surface area contributed by atoms with Crippen molar-refractivity contribution in [1.29, 1.82) is 0 Å². The molecule has 0 N–H and O–H groups in total. The van der Waals surface area contributed by atoms with E-state index in [0.717, 1.165) is 28.9 Å². The third-order valence-electron chi connectivity index (χ3n) is 4.62. The average Bonchev–Trinajstić information content (AvgIpc) is 3.19. The van der Waals surface area contributed by atoms with Crippen molar-refractivity contribution in [2.24, 2.45) is 5.92 Å². The lowest BCUT2D eigenvalue weighted by Gasteiger charge is -2.14. The van der Waals surface area contributed by atoms with Gasteiger partial charge in [0.15, 0.2) is 9.84 Å². The Bertz CT molecular complexity index is 966. The summed E-state index contributed by atoms with van der Waals surface area (Å²) >= 11 is 0. The number of hydrogen-bond acceptors (Lipinski definition) is 4. The molecule has 128 valence electrons. The van der Waals surface area contributed by atoms with Gasteiger partial charge in [0.2, 0.25) is 0 Å². The first-order valence-electron chi connectivity index (χ1n) is 8.34. The van der Waals surface area contributed by atoms with Gasteiger partial charge in [-0.05, 0) is 24.5 Å². The Morgan fingerprint density at radius 1 is 1.04 bits per heavy atom. The highest BCUT2D eigenvalue weighted by Crippen LogP contribution is 2.32. The van der Waals surface area contributed by atoms with Gasteiger partial charge >= 0.3 is 0 Å². The zero-order valence-electron chi connectivity index (χ0n) is 13.7. The van der Waals surface area contributed by atoms with Gasteiger partial charge in [0, 0.05) is 30.1 Å². The van der Waals surface area contributed by atoms with Gasteiger partial charge in [-0.3, -0.25) is 4.98 Å². The molecule has 6 heteroatoms. The molecule has 0 aliphatic carbocycles. The Morgan fingerprint density at radius 3 is 2.48 bits per heavy atom. The number of aromatic nitrogens is 3. The van der Waals surface area contributed by atoms with Crippen LogP contribution < -0.4 is 0 Å². The van der Waals surface area contributed by atoms with Crippen LogP contribution in [0.4, 0.5) is 0 Å². The SMILES string of the molecule is O=S1(=O)CCC(Cn2cnc(-c3ccccc3)c2-c2ccncc2)C1. The molecule has 0 bridgehead atoms. The summed E-state index contributed by atoms with van der Waals surface area (Å²) < 4.78 is 25.6. The van der Waals surface area contributed by atoms with E-state index in [1.54, 1.807) is 12.4 Å². The van der Waals surface area contributed by atoms with E-state index in [0.29, 0.717) is 12.3 Å². The van der Waals surface area contributed by atoms with E-state index in [4.69, 9.17) is 0 Å². The van der Waals surface area contributed by atoms with Crippen LogP contribution in [0, 0.1) is 5.92 Å². The molecule has 1 aromatic carbocycles. The lowest BCUT2D eigenvalue weighted by Crippen LogP contribution is -2.12. The molecule has 3 aromatic rings. The minimum absolute atomic E-state index is 0.142. The maximum Gasteiger partial charge on any atom is 0.150 e. The number of rotatable bonds is 4. The minimum Gasteiger partial charge on any atom is -0.330 e. The van der Waals surface area contributed by atoms with E-state index >= 15 is 0 Å². The second-order valence-corrected chi connectivity index (χ2v) is 8.69. The Balaban J connectivity index is 1.76. The maximum absolute atomic E-state index is 11.8. The van der Waals surface area contributed by atoms with Crippen LogP contribution in [0.5, 0.6) is 0 Å². The van der Waals surface area contributed by atoms with Crippen molar-refractivity contribution in [3.8, 4) is 22.5 Å². The van der Waals surface area contributed by atoms with Crippen LogP contribution in [0.3, 0.4) is 0 Å². The highest BCUT2D eigenvalue weighted by Gasteiger charge is 2.29. The molecule has 5 nitrogen and oxygen atoms in total. The Morgan fingerprint density at radius 2 is 1.80 bits per heavy atom. The summed E-state index contributed by atoms with van der Waals surface area (Å²) in [5.41, 5.74) is 4.00. The summed E-state index contributed by atoms with van der Waals surface area (Å²) in [4.78, 5) is 8.73. The van der Waals surface area contributed by atoms with Gasteiger partial charge in [0.1, 0.15) is 0 Å². The van der Waals surface area contributed by atoms with Gasteiger partial charge in [-0.25, -0.2) is 13.4 Å². The fourth-order valence-electron chi connectivity index (χ4n) is 3.43. The molecule has 0 spiro atoms. The molecule has 1 atom stereocenters. The molecular weight excluding hydrogens is 334 g/mol. The van der Waals surface area contributed by atoms with Crippen molar-refractivity contribution in [2.45, 2.75) is 13.0 Å². The Kier molecular flexibility index (Phi) is 4.13. The summed E-state index contributed by atoms with van der Waals surface area (Å²) in [5.74, 6) is 0.702. The van der Waals surface area contributed by atoms with Crippen LogP contribution in [0.1, 0.15) is 6.42 Å². The molecule has 0 saturated carbocycles. The fourth-order valence-corrected chi connectivity index (χ4v) is 5.28. The van der Waals surface area contributed by atoms with Gasteiger partial charge in [-0.15, -0.1) is 0 Å². The predicted molar refractivity (Wildman–Crippen MR) is 97.7 cm³/mol. The van der Waals surface area contributed by atoms with Crippen molar-refractivity contribution in [3.63, 3.8) is 0 Å². The van der Waals surface area contributed by atoms with Crippen molar-refractivity contribution in [1.82, 2.24) is 14.5 Å². The second-order valence-electron chi connectivity index (χ2n) is 6.47. The second kappa shape index (κ2) is 6.44. The smallest absolute Gasteiger partial charge is 0.150 e. The molecule has 1 aliphatic rings. The Hall–Kier alpha value is -2.47. The zero-order valence-corrected chi connectivity index (χ0v) is 14.6. The van der Waals surface area contributed by atoms with E-state index in [1.807, 2.05) is 48.8 Å². The van der Waals surface area contributed by atoms with Crippen molar-refractivity contribution >= 4 is 9.84 Å². The third-order valence-corrected chi connectivity index (χ3v) is 6.46. The number of benzene rings is 1. The largest absolute Gasteiger partial charge is 0.330 e. The van der Waals surface area contributed by atoms with Gasteiger partial charge in [-0.1, -0.05) is 30.3 Å². The molecule has 1 aliphatic heterocycles. The molecule has 3 heterocycles. The highest BCUT2D eigenvalue weighted by atomic mass is 32.2.